The molecule has 0 spiro atoms. The van der Waals surface area contributed by atoms with Crippen LogP contribution in [0.4, 0.5) is 10.5 Å². The summed E-state index contributed by atoms with van der Waals surface area (Å²) >= 11 is 13.6. The third-order valence-corrected chi connectivity index (χ3v) is 7.07. The zero-order chi connectivity index (χ0) is 26.4. The van der Waals surface area contributed by atoms with E-state index in [4.69, 9.17) is 32.7 Å². The molecule has 4 aromatic rings. The zero-order valence-corrected chi connectivity index (χ0v) is 22.1. The highest BCUT2D eigenvalue weighted by molar-refractivity contribution is 7.18. The number of thiophene rings is 1. The molecule has 0 aliphatic heterocycles. The van der Waals surface area contributed by atoms with E-state index in [1.165, 1.54) is 11.0 Å². The Bertz CT molecular complexity index is 1380. The maximum atomic E-state index is 13.9. The summed E-state index contributed by atoms with van der Waals surface area (Å²) in [6, 6.07) is 25.0. The highest BCUT2D eigenvalue weighted by Crippen LogP contribution is 2.44. The van der Waals surface area contributed by atoms with Crippen molar-refractivity contribution in [3.63, 3.8) is 0 Å². The molecule has 6 nitrogen and oxygen atoms in total. The molecule has 1 amide bonds. The lowest BCUT2D eigenvalue weighted by atomic mass is 10.1. The molecule has 0 saturated heterocycles. The first-order valence-corrected chi connectivity index (χ1v) is 12.9. The third-order valence-electron chi connectivity index (χ3n) is 5.47. The first kappa shape index (κ1) is 26.7. The van der Waals surface area contributed by atoms with E-state index in [9.17, 15) is 14.7 Å². The molecule has 1 unspecified atom stereocenters. The van der Waals surface area contributed by atoms with Crippen molar-refractivity contribution < 1.29 is 24.2 Å². The maximum absolute atomic E-state index is 13.9. The van der Waals surface area contributed by atoms with Crippen LogP contribution in [-0.4, -0.2) is 29.8 Å². The van der Waals surface area contributed by atoms with Gasteiger partial charge in [0, 0.05) is 9.90 Å². The smallest absolute Gasteiger partial charge is 0.449 e. The van der Waals surface area contributed by atoms with Crippen LogP contribution in [0.3, 0.4) is 0 Å². The van der Waals surface area contributed by atoms with Crippen molar-refractivity contribution in [1.29, 1.82) is 0 Å². The number of carbonyl (C=O) groups is 2. The molecule has 0 bridgehead atoms. The molecule has 1 atom stereocenters. The zero-order valence-electron chi connectivity index (χ0n) is 19.8. The van der Waals surface area contributed by atoms with Gasteiger partial charge in [-0.3, -0.25) is 9.69 Å². The van der Waals surface area contributed by atoms with Gasteiger partial charge in [-0.1, -0.05) is 95.2 Å². The second-order valence-corrected chi connectivity index (χ2v) is 10.0. The standard InChI is InChI=1S/C28H23Cl2NO5S/c1-18(16-35-17-19-8-4-2-5-9-19)31(26(32)22-13-12-21(29)14-23(22)30)24-15-25(20-10-6-3-7-11-20)37-27(24)36-28(33)34/h2-15,18H,16-17H2,1H3,(H,33,34). The lowest BCUT2D eigenvalue weighted by molar-refractivity contribution is 0.0888. The first-order valence-electron chi connectivity index (χ1n) is 11.3. The molecule has 0 aliphatic rings. The van der Waals surface area contributed by atoms with Crippen LogP contribution in [-0.2, 0) is 11.3 Å². The van der Waals surface area contributed by atoms with E-state index in [0.29, 0.717) is 17.3 Å². The molecule has 190 valence electrons. The fourth-order valence-electron chi connectivity index (χ4n) is 3.77. The van der Waals surface area contributed by atoms with Gasteiger partial charge in [-0.05, 0) is 42.3 Å². The van der Waals surface area contributed by atoms with Crippen LogP contribution < -0.4 is 9.64 Å². The van der Waals surface area contributed by atoms with Crippen LogP contribution in [0.1, 0.15) is 22.8 Å². The summed E-state index contributed by atoms with van der Waals surface area (Å²) in [5.74, 6) is -0.440. The van der Waals surface area contributed by atoms with E-state index >= 15 is 0 Å². The van der Waals surface area contributed by atoms with Gasteiger partial charge >= 0.3 is 6.16 Å². The Labute approximate surface area is 228 Å². The molecule has 37 heavy (non-hydrogen) atoms. The van der Waals surface area contributed by atoms with Crippen molar-refractivity contribution in [2.45, 2.75) is 19.6 Å². The van der Waals surface area contributed by atoms with Gasteiger partial charge < -0.3 is 14.6 Å². The van der Waals surface area contributed by atoms with Crippen LogP contribution in [0.15, 0.2) is 84.9 Å². The van der Waals surface area contributed by atoms with Crippen LogP contribution in [0.2, 0.25) is 10.0 Å². The average molecular weight is 556 g/mol. The van der Waals surface area contributed by atoms with Gasteiger partial charge in [-0.2, -0.15) is 0 Å². The Hall–Kier alpha value is -3.36. The van der Waals surface area contributed by atoms with E-state index in [1.54, 1.807) is 18.2 Å². The van der Waals surface area contributed by atoms with E-state index in [-0.39, 0.29) is 22.3 Å². The number of hydrogen-bond acceptors (Lipinski definition) is 5. The van der Waals surface area contributed by atoms with Crippen molar-refractivity contribution in [3.8, 4) is 15.5 Å². The predicted octanol–water partition coefficient (Wildman–Crippen LogP) is 8.03. The number of halogens is 2. The van der Waals surface area contributed by atoms with Gasteiger partial charge in [-0.25, -0.2) is 4.79 Å². The van der Waals surface area contributed by atoms with E-state index in [1.807, 2.05) is 67.6 Å². The number of benzene rings is 3. The molecule has 0 saturated carbocycles. The van der Waals surface area contributed by atoms with Crippen molar-refractivity contribution >= 4 is 52.3 Å². The molecular formula is C28H23Cl2NO5S. The molecule has 0 radical (unpaired) electrons. The van der Waals surface area contributed by atoms with E-state index in [0.717, 1.165) is 27.3 Å². The van der Waals surface area contributed by atoms with Crippen LogP contribution in [0.5, 0.6) is 5.06 Å². The predicted molar refractivity (Wildman–Crippen MR) is 147 cm³/mol. The molecule has 0 aliphatic carbocycles. The van der Waals surface area contributed by atoms with E-state index in [2.05, 4.69) is 0 Å². The van der Waals surface area contributed by atoms with Gasteiger partial charge in [0.1, 0.15) is 0 Å². The SMILES string of the molecule is CC(COCc1ccccc1)N(C(=O)c1ccc(Cl)cc1Cl)c1cc(-c2ccccc2)sc1OC(=O)O. The molecule has 1 N–H and O–H groups in total. The normalized spacial score (nSPS) is 11.6. The lowest BCUT2D eigenvalue weighted by Crippen LogP contribution is -2.41. The molecule has 3 aromatic carbocycles. The lowest BCUT2D eigenvalue weighted by Gasteiger charge is -2.29. The quantitative estimate of drug-likeness (QED) is 0.211. The Morgan fingerprint density at radius 2 is 1.65 bits per heavy atom. The maximum Gasteiger partial charge on any atom is 0.512 e. The Balaban J connectivity index is 1.73. The minimum Gasteiger partial charge on any atom is -0.449 e. The first-order chi connectivity index (χ1) is 17.8. The Morgan fingerprint density at radius 1 is 0.973 bits per heavy atom. The summed E-state index contributed by atoms with van der Waals surface area (Å²) in [6.07, 6.45) is -1.48. The summed E-state index contributed by atoms with van der Waals surface area (Å²) in [4.78, 5) is 27.6. The van der Waals surface area contributed by atoms with Crippen molar-refractivity contribution in [1.82, 2.24) is 0 Å². The summed E-state index contributed by atoms with van der Waals surface area (Å²) in [6.45, 7) is 2.35. The highest BCUT2D eigenvalue weighted by Gasteiger charge is 2.30. The fourth-order valence-corrected chi connectivity index (χ4v) is 5.25. The second-order valence-electron chi connectivity index (χ2n) is 8.17. The topological polar surface area (TPSA) is 76.1 Å². The molecular weight excluding hydrogens is 533 g/mol. The number of anilines is 1. The van der Waals surface area contributed by atoms with Crippen molar-refractivity contribution in [3.05, 3.63) is 106 Å². The number of carbonyl (C=O) groups excluding carboxylic acids is 1. The molecule has 4 rings (SSSR count). The summed E-state index contributed by atoms with van der Waals surface area (Å²) < 4.78 is 11.1. The highest BCUT2D eigenvalue weighted by atomic mass is 35.5. The van der Waals surface area contributed by atoms with Crippen LogP contribution >= 0.6 is 34.5 Å². The number of ether oxygens (including phenoxy) is 2. The number of hydrogen-bond donors (Lipinski definition) is 1. The Kier molecular flexibility index (Phi) is 8.84. The largest absolute Gasteiger partial charge is 0.512 e. The summed E-state index contributed by atoms with van der Waals surface area (Å²) in [7, 11) is 0. The molecule has 1 heterocycles. The van der Waals surface area contributed by atoms with Gasteiger partial charge in [0.05, 0.1) is 35.5 Å². The fraction of sp³-hybridized carbons (Fsp3) is 0.143. The summed E-state index contributed by atoms with van der Waals surface area (Å²) in [5, 5.41) is 10.1. The van der Waals surface area contributed by atoms with Crippen LogP contribution in [0.25, 0.3) is 10.4 Å². The summed E-state index contributed by atoms with van der Waals surface area (Å²) in [5.41, 5.74) is 2.37. The number of rotatable bonds is 9. The minimum absolute atomic E-state index is 0.0692. The number of amides is 1. The minimum atomic E-state index is -1.48. The second kappa shape index (κ2) is 12.3. The van der Waals surface area contributed by atoms with Gasteiger partial charge in [0.15, 0.2) is 0 Å². The Morgan fingerprint density at radius 3 is 2.30 bits per heavy atom. The van der Waals surface area contributed by atoms with Gasteiger partial charge in [0.25, 0.3) is 5.91 Å². The number of nitrogens with zero attached hydrogens (tertiary/aromatic N) is 1. The van der Waals surface area contributed by atoms with Gasteiger partial charge in [0.2, 0.25) is 5.06 Å². The van der Waals surface area contributed by atoms with E-state index < -0.39 is 18.1 Å². The van der Waals surface area contributed by atoms with Crippen molar-refractivity contribution in [2.75, 3.05) is 11.5 Å². The van der Waals surface area contributed by atoms with Crippen molar-refractivity contribution in [2.24, 2.45) is 0 Å². The number of carboxylic acid groups (broad SMARTS) is 1. The molecule has 9 heteroatoms. The molecule has 1 aromatic heterocycles. The van der Waals surface area contributed by atoms with Crippen LogP contribution in [0, 0.1) is 0 Å². The molecule has 0 fully saturated rings. The monoisotopic (exact) mass is 555 g/mol. The average Bonchev–Trinajstić information content (AvgIpc) is 3.27. The van der Waals surface area contributed by atoms with Gasteiger partial charge in [-0.15, -0.1) is 0 Å². The third kappa shape index (κ3) is 6.70.